The summed E-state index contributed by atoms with van der Waals surface area (Å²) in [5.74, 6) is -0.185. The molecule has 0 saturated heterocycles. The van der Waals surface area contributed by atoms with Gasteiger partial charge in [0.25, 0.3) is 10.1 Å². The Kier molecular flexibility index (Phi) is 4.80. The normalized spacial score (nSPS) is 19.6. The van der Waals surface area contributed by atoms with Crippen molar-refractivity contribution in [3.05, 3.63) is 65.2 Å². The predicted octanol–water partition coefficient (Wildman–Crippen LogP) is 4.31. The van der Waals surface area contributed by atoms with Crippen LogP contribution in [0.3, 0.4) is 0 Å². The van der Waals surface area contributed by atoms with Crippen LogP contribution in [0.5, 0.6) is 0 Å². The van der Waals surface area contributed by atoms with E-state index in [9.17, 15) is 8.42 Å². The SMILES string of the molecule is CC1=Nc2ccccc2C1(C)c1ccccc1CCCCS(=O)(=O)O. The maximum absolute atomic E-state index is 10.9. The third-order valence-electron chi connectivity index (χ3n) is 5.11. The van der Waals surface area contributed by atoms with Crippen LogP contribution in [0.1, 0.15) is 43.4 Å². The van der Waals surface area contributed by atoms with Crippen LogP contribution in [-0.2, 0) is 22.0 Å². The lowest BCUT2D eigenvalue weighted by molar-refractivity contribution is 0.480. The Labute approximate surface area is 149 Å². The van der Waals surface area contributed by atoms with Gasteiger partial charge < -0.3 is 0 Å². The van der Waals surface area contributed by atoms with Crippen LogP contribution < -0.4 is 0 Å². The lowest BCUT2D eigenvalue weighted by Crippen LogP contribution is -2.30. The van der Waals surface area contributed by atoms with Crippen molar-refractivity contribution in [1.82, 2.24) is 0 Å². The first kappa shape index (κ1) is 17.8. The fourth-order valence-corrected chi connectivity index (χ4v) is 4.22. The standard InChI is InChI=1S/C20H23NO3S/c1-15-20(2,18-12-5-6-13-19(18)21-15)17-11-4-3-9-16(17)10-7-8-14-25(22,23)24/h3-6,9,11-13H,7-8,10,14H2,1-2H3,(H,22,23,24). The van der Waals surface area contributed by atoms with E-state index in [0.717, 1.165) is 17.8 Å². The van der Waals surface area contributed by atoms with Gasteiger partial charge in [-0.1, -0.05) is 42.5 Å². The van der Waals surface area contributed by atoms with E-state index >= 15 is 0 Å². The molecule has 1 heterocycles. The van der Waals surface area contributed by atoms with E-state index < -0.39 is 10.1 Å². The van der Waals surface area contributed by atoms with Gasteiger partial charge in [-0.25, -0.2) is 0 Å². The van der Waals surface area contributed by atoms with Gasteiger partial charge in [-0.05, 0) is 55.9 Å². The summed E-state index contributed by atoms with van der Waals surface area (Å²) in [6, 6.07) is 16.5. The minimum atomic E-state index is -3.88. The lowest BCUT2D eigenvalue weighted by atomic mass is 9.72. The number of nitrogens with zero attached hydrogens (tertiary/aromatic N) is 1. The van der Waals surface area contributed by atoms with Crippen LogP contribution in [0.4, 0.5) is 5.69 Å². The molecule has 1 unspecified atom stereocenters. The van der Waals surface area contributed by atoms with Crippen LogP contribution in [0, 0.1) is 0 Å². The molecule has 0 aromatic heterocycles. The zero-order valence-corrected chi connectivity index (χ0v) is 15.4. The van der Waals surface area contributed by atoms with E-state index in [1.807, 2.05) is 30.3 Å². The van der Waals surface area contributed by atoms with E-state index in [0.29, 0.717) is 12.8 Å². The van der Waals surface area contributed by atoms with E-state index in [2.05, 4.69) is 32.0 Å². The van der Waals surface area contributed by atoms with Gasteiger partial charge in [0.15, 0.2) is 0 Å². The quantitative estimate of drug-likeness (QED) is 0.619. The van der Waals surface area contributed by atoms with Crippen molar-refractivity contribution in [3.63, 3.8) is 0 Å². The summed E-state index contributed by atoms with van der Waals surface area (Å²) in [6.07, 6.45) is 1.94. The Hall–Kier alpha value is -1.98. The summed E-state index contributed by atoms with van der Waals surface area (Å²) < 4.78 is 30.7. The molecule has 0 bridgehead atoms. The molecule has 1 aliphatic rings. The second kappa shape index (κ2) is 6.73. The molecule has 0 fully saturated rings. The summed E-state index contributed by atoms with van der Waals surface area (Å²) in [7, 11) is -3.88. The Morgan fingerprint density at radius 2 is 1.64 bits per heavy atom. The lowest BCUT2D eigenvalue weighted by Gasteiger charge is -2.29. The summed E-state index contributed by atoms with van der Waals surface area (Å²) in [6.45, 7) is 4.27. The minimum Gasteiger partial charge on any atom is -0.286 e. The zero-order chi connectivity index (χ0) is 18.1. The van der Waals surface area contributed by atoms with Gasteiger partial charge in [-0.15, -0.1) is 0 Å². The van der Waals surface area contributed by atoms with Crippen molar-refractivity contribution in [3.8, 4) is 0 Å². The average Bonchev–Trinajstić information content (AvgIpc) is 2.83. The number of benzene rings is 2. The molecule has 1 atom stereocenters. The van der Waals surface area contributed by atoms with Crippen molar-refractivity contribution in [2.45, 2.75) is 38.5 Å². The number of aryl methyl sites for hydroxylation is 1. The van der Waals surface area contributed by atoms with Crippen molar-refractivity contribution in [2.75, 3.05) is 5.75 Å². The Bertz CT molecular complexity index is 918. The highest BCUT2D eigenvalue weighted by molar-refractivity contribution is 7.85. The second-order valence-corrected chi connectivity index (χ2v) is 8.31. The highest BCUT2D eigenvalue weighted by Crippen LogP contribution is 2.45. The maximum Gasteiger partial charge on any atom is 0.264 e. The first-order chi connectivity index (χ1) is 11.8. The topological polar surface area (TPSA) is 66.7 Å². The fraction of sp³-hybridized carbons (Fsp3) is 0.350. The van der Waals surface area contributed by atoms with Gasteiger partial charge in [0.05, 0.1) is 16.9 Å². The highest BCUT2D eigenvalue weighted by atomic mass is 32.2. The molecule has 2 aromatic carbocycles. The van der Waals surface area contributed by atoms with Gasteiger partial charge in [0.2, 0.25) is 0 Å². The van der Waals surface area contributed by atoms with Crippen molar-refractivity contribution in [1.29, 1.82) is 0 Å². The average molecular weight is 357 g/mol. The number of hydrogen-bond donors (Lipinski definition) is 1. The Balaban J connectivity index is 1.90. The molecular weight excluding hydrogens is 334 g/mol. The van der Waals surface area contributed by atoms with Gasteiger partial charge in [-0.3, -0.25) is 9.55 Å². The summed E-state index contributed by atoms with van der Waals surface area (Å²) in [4.78, 5) is 4.76. The number of rotatable bonds is 6. The van der Waals surface area contributed by atoms with Crippen LogP contribution in [0.25, 0.3) is 0 Å². The number of unbranched alkanes of at least 4 members (excludes halogenated alkanes) is 1. The third-order valence-corrected chi connectivity index (χ3v) is 5.91. The number of aliphatic imine (C=N–C) groups is 1. The molecular formula is C20H23NO3S. The summed E-state index contributed by atoms with van der Waals surface area (Å²) in [5, 5.41) is 0. The van der Waals surface area contributed by atoms with E-state index in [1.165, 1.54) is 16.7 Å². The zero-order valence-electron chi connectivity index (χ0n) is 14.6. The molecule has 0 spiro atoms. The van der Waals surface area contributed by atoms with Gasteiger partial charge in [-0.2, -0.15) is 8.42 Å². The third kappa shape index (κ3) is 3.53. The second-order valence-electron chi connectivity index (χ2n) is 6.74. The molecule has 1 aliphatic heterocycles. The van der Waals surface area contributed by atoms with Crippen LogP contribution >= 0.6 is 0 Å². The summed E-state index contributed by atoms with van der Waals surface area (Å²) >= 11 is 0. The molecule has 4 nitrogen and oxygen atoms in total. The molecule has 0 radical (unpaired) electrons. The molecule has 25 heavy (non-hydrogen) atoms. The van der Waals surface area contributed by atoms with E-state index in [1.54, 1.807) is 0 Å². The van der Waals surface area contributed by atoms with Crippen LogP contribution in [-0.4, -0.2) is 24.4 Å². The Morgan fingerprint density at radius 3 is 2.36 bits per heavy atom. The molecule has 132 valence electrons. The maximum atomic E-state index is 10.9. The molecule has 5 heteroatoms. The van der Waals surface area contributed by atoms with Crippen molar-refractivity contribution < 1.29 is 13.0 Å². The number of fused-ring (bicyclic) bond motifs is 1. The molecule has 1 N–H and O–H groups in total. The van der Waals surface area contributed by atoms with Crippen LogP contribution in [0.15, 0.2) is 53.5 Å². The van der Waals surface area contributed by atoms with E-state index in [4.69, 9.17) is 9.55 Å². The number of hydrogen-bond acceptors (Lipinski definition) is 3. The molecule has 0 amide bonds. The molecule has 0 saturated carbocycles. The van der Waals surface area contributed by atoms with Crippen LogP contribution in [0.2, 0.25) is 0 Å². The Morgan fingerprint density at radius 1 is 1.00 bits per heavy atom. The first-order valence-corrected chi connectivity index (χ1v) is 10.1. The fourth-order valence-electron chi connectivity index (χ4n) is 3.65. The molecule has 2 aromatic rings. The van der Waals surface area contributed by atoms with Crippen molar-refractivity contribution in [2.24, 2.45) is 4.99 Å². The largest absolute Gasteiger partial charge is 0.286 e. The first-order valence-electron chi connectivity index (χ1n) is 8.51. The molecule has 3 rings (SSSR count). The highest BCUT2D eigenvalue weighted by Gasteiger charge is 2.39. The smallest absolute Gasteiger partial charge is 0.264 e. The number of para-hydroxylation sites is 1. The van der Waals surface area contributed by atoms with E-state index in [-0.39, 0.29) is 11.2 Å². The summed E-state index contributed by atoms with van der Waals surface area (Å²) in [5.41, 5.74) is 5.44. The molecule has 0 aliphatic carbocycles. The minimum absolute atomic E-state index is 0.185. The monoisotopic (exact) mass is 357 g/mol. The predicted molar refractivity (Wildman–Crippen MR) is 101 cm³/mol. The van der Waals surface area contributed by atoms with Gasteiger partial charge in [0, 0.05) is 5.71 Å². The van der Waals surface area contributed by atoms with Gasteiger partial charge in [0.1, 0.15) is 0 Å². The van der Waals surface area contributed by atoms with Crippen molar-refractivity contribution >= 4 is 21.5 Å². The van der Waals surface area contributed by atoms with Gasteiger partial charge >= 0.3 is 0 Å².